The van der Waals surface area contributed by atoms with E-state index >= 15 is 0 Å². The first-order valence-electron chi connectivity index (χ1n) is 11.2. The molecule has 1 N–H and O–H groups in total. The number of anilines is 2. The molecule has 1 aliphatic rings. The Balaban J connectivity index is 1.42. The number of pyridine rings is 1. The monoisotopic (exact) mass is 489 g/mol. The van der Waals surface area contributed by atoms with E-state index in [1.54, 1.807) is 47.0 Å². The molecular weight excluding hydrogens is 466 g/mol. The van der Waals surface area contributed by atoms with E-state index in [0.717, 1.165) is 27.8 Å². The fourth-order valence-electron chi connectivity index (χ4n) is 4.39. The van der Waals surface area contributed by atoms with Crippen molar-refractivity contribution in [3.05, 3.63) is 70.9 Å². The maximum absolute atomic E-state index is 13.2. The van der Waals surface area contributed by atoms with Crippen molar-refractivity contribution in [2.45, 2.75) is 20.3 Å². The highest BCUT2D eigenvalue weighted by molar-refractivity contribution is 6.30. The van der Waals surface area contributed by atoms with Crippen LogP contribution in [0.25, 0.3) is 16.7 Å². The van der Waals surface area contributed by atoms with Gasteiger partial charge in [0.2, 0.25) is 11.8 Å². The number of amides is 2. The summed E-state index contributed by atoms with van der Waals surface area (Å²) in [5.74, 6) is 0.878. The molecule has 9 heteroatoms. The number of aryl methyl sites for hydroxylation is 2. The molecule has 3 heterocycles. The van der Waals surface area contributed by atoms with Crippen molar-refractivity contribution in [1.29, 1.82) is 0 Å². The van der Waals surface area contributed by atoms with Crippen LogP contribution >= 0.6 is 11.6 Å². The summed E-state index contributed by atoms with van der Waals surface area (Å²) >= 11 is 5.96. The molecule has 0 spiro atoms. The number of para-hydroxylation sites is 1. The van der Waals surface area contributed by atoms with Gasteiger partial charge in [0.05, 0.1) is 18.7 Å². The number of aromatic nitrogens is 3. The number of carbonyl (C=O) groups is 2. The second kappa shape index (κ2) is 9.03. The number of ether oxygens (including phenoxy) is 1. The number of benzene rings is 2. The van der Waals surface area contributed by atoms with E-state index in [2.05, 4.69) is 10.4 Å². The van der Waals surface area contributed by atoms with E-state index in [4.69, 9.17) is 21.3 Å². The molecule has 1 fully saturated rings. The molecule has 5 rings (SSSR count). The SMILES string of the molecule is COc1cccc2c(C)cc(-n3nc(C)cc3NC(=O)C3CC(=O)N(c4ccc(Cl)cc4)C3)nc12. The van der Waals surface area contributed by atoms with Crippen LogP contribution in [0.2, 0.25) is 5.02 Å². The summed E-state index contributed by atoms with van der Waals surface area (Å²) in [4.78, 5) is 32.2. The van der Waals surface area contributed by atoms with E-state index in [1.165, 1.54) is 0 Å². The number of halogens is 1. The van der Waals surface area contributed by atoms with Crippen LogP contribution in [0.5, 0.6) is 5.75 Å². The molecule has 0 saturated carbocycles. The average Bonchev–Trinajstić information content (AvgIpc) is 3.41. The molecule has 8 nitrogen and oxygen atoms in total. The Labute approximate surface area is 207 Å². The van der Waals surface area contributed by atoms with E-state index in [9.17, 15) is 9.59 Å². The van der Waals surface area contributed by atoms with Crippen molar-refractivity contribution in [2.24, 2.45) is 5.92 Å². The second-order valence-electron chi connectivity index (χ2n) is 8.61. The molecule has 35 heavy (non-hydrogen) atoms. The Kier molecular flexibility index (Phi) is 5.90. The predicted molar refractivity (Wildman–Crippen MR) is 135 cm³/mol. The Morgan fingerprint density at radius 3 is 2.66 bits per heavy atom. The zero-order chi connectivity index (χ0) is 24.7. The van der Waals surface area contributed by atoms with Gasteiger partial charge in [-0.3, -0.25) is 9.59 Å². The number of nitrogens with zero attached hydrogens (tertiary/aromatic N) is 4. The highest BCUT2D eigenvalue weighted by Crippen LogP contribution is 2.30. The first-order chi connectivity index (χ1) is 16.8. The van der Waals surface area contributed by atoms with Gasteiger partial charge in [0.1, 0.15) is 17.1 Å². The predicted octanol–water partition coefficient (Wildman–Crippen LogP) is 4.69. The average molecular weight is 490 g/mol. The summed E-state index contributed by atoms with van der Waals surface area (Å²) < 4.78 is 7.11. The van der Waals surface area contributed by atoms with Crippen LogP contribution in [-0.4, -0.2) is 40.2 Å². The van der Waals surface area contributed by atoms with E-state index in [1.807, 2.05) is 38.1 Å². The summed E-state index contributed by atoms with van der Waals surface area (Å²) in [6, 6.07) is 16.5. The number of nitrogens with one attached hydrogen (secondary N) is 1. The highest BCUT2D eigenvalue weighted by Gasteiger charge is 2.35. The van der Waals surface area contributed by atoms with Crippen LogP contribution in [0, 0.1) is 19.8 Å². The minimum atomic E-state index is -0.492. The number of hydrogen-bond acceptors (Lipinski definition) is 5. The van der Waals surface area contributed by atoms with Gasteiger partial charge in [-0.2, -0.15) is 9.78 Å². The number of carbonyl (C=O) groups excluding carboxylic acids is 2. The first kappa shape index (κ1) is 22.9. The Hall–Kier alpha value is -3.91. The lowest BCUT2D eigenvalue weighted by molar-refractivity contribution is -0.122. The van der Waals surface area contributed by atoms with E-state index in [-0.39, 0.29) is 18.2 Å². The molecule has 4 aromatic rings. The quantitative estimate of drug-likeness (QED) is 0.439. The van der Waals surface area contributed by atoms with Crippen molar-refractivity contribution in [3.8, 4) is 11.6 Å². The number of fused-ring (bicyclic) bond motifs is 1. The maximum Gasteiger partial charge on any atom is 0.230 e. The standard InChI is InChI=1S/C26H24ClN5O3/c1-15-11-22(28-25-20(15)5-4-6-21(25)35-3)32-23(12-16(2)30-32)29-26(34)17-13-24(33)31(14-17)19-9-7-18(27)8-10-19/h4-12,17H,13-14H2,1-3H3,(H,29,34). The van der Waals surface area contributed by atoms with Crippen molar-refractivity contribution in [3.63, 3.8) is 0 Å². The fourth-order valence-corrected chi connectivity index (χ4v) is 4.52. The third kappa shape index (κ3) is 4.33. The van der Waals surface area contributed by atoms with Crippen molar-refractivity contribution >= 4 is 45.8 Å². The largest absolute Gasteiger partial charge is 0.494 e. The summed E-state index contributed by atoms with van der Waals surface area (Å²) in [6.07, 6.45) is 0.131. The molecule has 1 aliphatic heterocycles. The molecule has 2 aromatic heterocycles. The normalized spacial score (nSPS) is 15.6. The molecule has 2 amide bonds. The molecule has 0 bridgehead atoms. The third-order valence-electron chi connectivity index (χ3n) is 6.15. The fraction of sp³-hybridized carbons (Fsp3) is 0.231. The molecule has 1 saturated heterocycles. The Bertz CT molecular complexity index is 1450. The summed E-state index contributed by atoms with van der Waals surface area (Å²) in [5, 5.41) is 9.09. The zero-order valence-corrected chi connectivity index (χ0v) is 20.3. The van der Waals surface area contributed by atoms with Gasteiger partial charge in [-0.05, 0) is 55.8 Å². The van der Waals surface area contributed by atoms with Crippen molar-refractivity contribution in [1.82, 2.24) is 14.8 Å². The van der Waals surface area contributed by atoms with Crippen LogP contribution in [0.3, 0.4) is 0 Å². The van der Waals surface area contributed by atoms with Crippen LogP contribution in [-0.2, 0) is 9.59 Å². The Morgan fingerprint density at radius 1 is 1.14 bits per heavy atom. The molecule has 178 valence electrons. The van der Waals surface area contributed by atoms with Crippen LogP contribution in [0.15, 0.2) is 54.6 Å². The van der Waals surface area contributed by atoms with E-state index in [0.29, 0.717) is 29.0 Å². The van der Waals surface area contributed by atoms with Gasteiger partial charge in [-0.15, -0.1) is 0 Å². The van der Waals surface area contributed by atoms with Gasteiger partial charge in [-0.1, -0.05) is 23.7 Å². The molecular formula is C26H24ClN5O3. The molecule has 0 aliphatic carbocycles. The lowest BCUT2D eigenvalue weighted by Gasteiger charge is -2.17. The number of methoxy groups -OCH3 is 1. The van der Waals surface area contributed by atoms with Gasteiger partial charge in [0.25, 0.3) is 0 Å². The molecule has 1 atom stereocenters. The van der Waals surface area contributed by atoms with Crippen LogP contribution in [0.1, 0.15) is 17.7 Å². The summed E-state index contributed by atoms with van der Waals surface area (Å²) in [7, 11) is 1.61. The van der Waals surface area contributed by atoms with Gasteiger partial charge >= 0.3 is 0 Å². The van der Waals surface area contributed by atoms with E-state index < -0.39 is 5.92 Å². The lowest BCUT2D eigenvalue weighted by Crippen LogP contribution is -2.28. The molecule has 2 aromatic carbocycles. The Morgan fingerprint density at radius 2 is 1.91 bits per heavy atom. The first-order valence-corrected chi connectivity index (χ1v) is 11.6. The third-order valence-corrected chi connectivity index (χ3v) is 6.40. The van der Waals surface area contributed by atoms with Gasteiger partial charge in [0, 0.05) is 35.1 Å². The lowest BCUT2D eigenvalue weighted by atomic mass is 10.1. The second-order valence-corrected chi connectivity index (χ2v) is 9.04. The minimum Gasteiger partial charge on any atom is -0.494 e. The van der Waals surface area contributed by atoms with Crippen molar-refractivity contribution in [2.75, 3.05) is 23.9 Å². The van der Waals surface area contributed by atoms with Crippen LogP contribution in [0.4, 0.5) is 11.5 Å². The smallest absolute Gasteiger partial charge is 0.230 e. The van der Waals surface area contributed by atoms with Gasteiger partial charge < -0.3 is 15.0 Å². The molecule has 1 unspecified atom stereocenters. The zero-order valence-electron chi connectivity index (χ0n) is 19.6. The number of hydrogen-bond donors (Lipinski definition) is 1. The van der Waals surface area contributed by atoms with Crippen LogP contribution < -0.4 is 15.0 Å². The van der Waals surface area contributed by atoms with Crippen molar-refractivity contribution < 1.29 is 14.3 Å². The minimum absolute atomic E-state index is 0.101. The maximum atomic E-state index is 13.2. The summed E-state index contributed by atoms with van der Waals surface area (Å²) in [6.45, 7) is 4.14. The molecule has 0 radical (unpaired) electrons. The van der Waals surface area contributed by atoms with Gasteiger partial charge in [0.15, 0.2) is 5.82 Å². The number of rotatable bonds is 5. The highest BCUT2D eigenvalue weighted by atomic mass is 35.5. The topological polar surface area (TPSA) is 89.3 Å². The summed E-state index contributed by atoms with van der Waals surface area (Å²) in [5.41, 5.74) is 3.18. The van der Waals surface area contributed by atoms with Gasteiger partial charge in [-0.25, -0.2) is 4.98 Å².